The third kappa shape index (κ3) is 3.55. The fraction of sp³-hybridized carbons (Fsp3) is 0.412. The molecule has 1 aliphatic heterocycles. The Balaban J connectivity index is 1.63. The zero-order valence-corrected chi connectivity index (χ0v) is 14.2. The molecule has 2 aromatic rings. The van der Waals surface area contributed by atoms with Crippen LogP contribution in [0.5, 0.6) is 0 Å². The zero-order valence-electron chi connectivity index (χ0n) is 14.2. The van der Waals surface area contributed by atoms with Crippen LogP contribution in [0.3, 0.4) is 0 Å². The van der Waals surface area contributed by atoms with Crippen LogP contribution in [0.4, 0.5) is 5.82 Å². The van der Waals surface area contributed by atoms with Crippen molar-refractivity contribution in [2.45, 2.75) is 32.7 Å². The second kappa shape index (κ2) is 7.21. The topological polar surface area (TPSA) is 108 Å². The summed E-state index contributed by atoms with van der Waals surface area (Å²) in [4.78, 5) is 22.2. The van der Waals surface area contributed by atoms with E-state index in [-0.39, 0.29) is 11.9 Å². The number of rotatable bonds is 3. The minimum absolute atomic E-state index is 0.102. The van der Waals surface area contributed by atoms with Gasteiger partial charge in [-0.2, -0.15) is 10.4 Å². The molecule has 1 aliphatic rings. The third-order valence-electron chi connectivity index (χ3n) is 4.47. The lowest BCUT2D eigenvalue weighted by molar-refractivity contribution is 0.0712. The maximum atomic E-state index is 12.4. The van der Waals surface area contributed by atoms with Gasteiger partial charge in [0.05, 0.1) is 11.9 Å². The van der Waals surface area contributed by atoms with E-state index in [1.165, 1.54) is 12.4 Å². The lowest BCUT2D eigenvalue weighted by atomic mass is 10.0. The monoisotopic (exact) mass is 337 g/mol. The Bertz CT molecular complexity index is 808. The molecule has 0 atom stereocenters. The molecule has 128 valence electrons. The van der Waals surface area contributed by atoms with Crippen LogP contribution in [0, 0.1) is 25.2 Å². The number of hydrogen-bond donors (Lipinski definition) is 1. The molecule has 0 spiro atoms. The Labute approximate surface area is 145 Å². The lowest BCUT2D eigenvalue weighted by Gasteiger charge is -2.32. The van der Waals surface area contributed by atoms with Gasteiger partial charge in [-0.25, -0.2) is 4.98 Å². The predicted molar refractivity (Wildman–Crippen MR) is 90.8 cm³/mol. The molecular weight excluding hydrogens is 318 g/mol. The van der Waals surface area contributed by atoms with Crippen molar-refractivity contribution >= 4 is 11.7 Å². The van der Waals surface area contributed by atoms with Crippen LogP contribution in [-0.2, 0) is 0 Å². The molecule has 0 unspecified atom stereocenters. The van der Waals surface area contributed by atoms with Crippen molar-refractivity contribution in [1.29, 1.82) is 5.26 Å². The Hall–Kier alpha value is -3.08. The Morgan fingerprint density at radius 2 is 2.04 bits per heavy atom. The van der Waals surface area contributed by atoms with Crippen molar-refractivity contribution in [3.05, 3.63) is 41.1 Å². The summed E-state index contributed by atoms with van der Waals surface area (Å²) >= 11 is 0. The highest BCUT2D eigenvalue weighted by atomic mass is 16.2. The molecule has 0 radical (unpaired) electrons. The van der Waals surface area contributed by atoms with E-state index in [4.69, 9.17) is 0 Å². The third-order valence-corrected chi connectivity index (χ3v) is 4.47. The fourth-order valence-electron chi connectivity index (χ4n) is 2.84. The van der Waals surface area contributed by atoms with Crippen LogP contribution < -0.4 is 5.32 Å². The standard InChI is InChI=1S/C17H19N7O/c1-11-12(2)22-23-16(14(11)9-18)21-13-3-7-24(8-4-13)17(25)15-10-19-5-6-20-15/h5-6,10,13H,3-4,7-8H2,1-2H3,(H,21,23). The molecule has 8 heteroatoms. The molecule has 0 aliphatic carbocycles. The summed E-state index contributed by atoms with van der Waals surface area (Å²) in [7, 11) is 0. The van der Waals surface area contributed by atoms with Gasteiger partial charge in [0.2, 0.25) is 0 Å². The normalized spacial score (nSPS) is 14.8. The average Bonchev–Trinajstić information content (AvgIpc) is 2.66. The SMILES string of the molecule is Cc1nnc(NC2CCN(C(=O)c3cnccn3)CC2)c(C#N)c1C. The largest absolute Gasteiger partial charge is 0.365 e. The summed E-state index contributed by atoms with van der Waals surface area (Å²) in [6, 6.07) is 2.35. The van der Waals surface area contributed by atoms with Crippen molar-refractivity contribution in [1.82, 2.24) is 25.1 Å². The van der Waals surface area contributed by atoms with Gasteiger partial charge in [0.15, 0.2) is 5.82 Å². The van der Waals surface area contributed by atoms with E-state index in [9.17, 15) is 10.1 Å². The summed E-state index contributed by atoms with van der Waals surface area (Å²) in [5.74, 6) is 0.416. The van der Waals surface area contributed by atoms with Crippen LogP contribution in [0.1, 0.15) is 40.2 Å². The molecule has 1 fully saturated rings. The van der Waals surface area contributed by atoms with Crippen molar-refractivity contribution < 1.29 is 4.79 Å². The number of amides is 1. The number of hydrogen-bond acceptors (Lipinski definition) is 7. The lowest BCUT2D eigenvalue weighted by Crippen LogP contribution is -2.42. The summed E-state index contributed by atoms with van der Waals surface area (Å²) in [6.07, 6.45) is 6.08. The first-order valence-corrected chi connectivity index (χ1v) is 8.16. The first kappa shape index (κ1) is 16.8. The Kier molecular flexibility index (Phi) is 4.84. The minimum Gasteiger partial charge on any atom is -0.365 e. The van der Waals surface area contributed by atoms with Crippen molar-refractivity contribution in [3.8, 4) is 6.07 Å². The molecule has 1 amide bonds. The summed E-state index contributed by atoms with van der Waals surface area (Å²) < 4.78 is 0. The average molecular weight is 337 g/mol. The smallest absolute Gasteiger partial charge is 0.274 e. The number of anilines is 1. The highest BCUT2D eigenvalue weighted by Gasteiger charge is 2.25. The van der Waals surface area contributed by atoms with Crippen LogP contribution >= 0.6 is 0 Å². The van der Waals surface area contributed by atoms with E-state index in [0.29, 0.717) is 30.2 Å². The van der Waals surface area contributed by atoms with E-state index in [0.717, 1.165) is 24.1 Å². The first-order valence-electron chi connectivity index (χ1n) is 8.16. The molecule has 3 heterocycles. The molecule has 0 bridgehead atoms. The van der Waals surface area contributed by atoms with Gasteiger partial charge in [0.25, 0.3) is 5.91 Å². The van der Waals surface area contributed by atoms with Gasteiger partial charge in [-0.3, -0.25) is 9.78 Å². The van der Waals surface area contributed by atoms with Gasteiger partial charge < -0.3 is 10.2 Å². The van der Waals surface area contributed by atoms with Gasteiger partial charge >= 0.3 is 0 Å². The number of carbonyl (C=O) groups is 1. The fourth-order valence-corrected chi connectivity index (χ4v) is 2.84. The quantitative estimate of drug-likeness (QED) is 0.903. The molecule has 1 N–H and O–H groups in total. The van der Waals surface area contributed by atoms with Crippen molar-refractivity contribution in [2.75, 3.05) is 18.4 Å². The van der Waals surface area contributed by atoms with Crippen LogP contribution in [0.25, 0.3) is 0 Å². The van der Waals surface area contributed by atoms with E-state index >= 15 is 0 Å². The van der Waals surface area contributed by atoms with Gasteiger partial charge in [-0.1, -0.05) is 0 Å². The summed E-state index contributed by atoms with van der Waals surface area (Å²) in [5, 5.41) is 20.9. The highest BCUT2D eigenvalue weighted by Crippen LogP contribution is 2.21. The Morgan fingerprint density at radius 1 is 1.28 bits per heavy atom. The minimum atomic E-state index is -0.102. The molecule has 0 aromatic carbocycles. The van der Waals surface area contributed by atoms with Gasteiger partial charge in [-0.15, -0.1) is 5.10 Å². The van der Waals surface area contributed by atoms with E-state index in [1.54, 1.807) is 11.1 Å². The molecule has 25 heavy (non-hydrogen) atoms. The molecule has 1 saturated heterocycles. The van der Waals surface area contributed by atoms with Crippen LogP contribution in [0.2, 0.25) is 0 Å². The van der Waals surface area contributed by atoms with Gasteiger partial charge in [0, 0.05) is 31.5 Å². The molecule has 2 aromatic heterocycles. The van der Waals surface area contributed by atoms with Gasteiger partial charge in [0.1, 0.15) is 17.3 Å². The molecule has 8 nitrogen and oxygen atoms in total. The number of likely N-dealkylation sites (tertiary alicyclic amines) is 1. The maximum Gasteiger partial charge on any atom is 0.274 e. The van der Waals surface area contributed by atoms with E-state index in [1.807, 2.05) is 13.8 Å². The van der Waals surface area contributed by atoms with Crippen molar-refractivity contribution in [3.63, 3.8) is 0 Å². The first-order chi connectivity index (χ1) is 12.1. The van der Waals surface area contributed by atoms with Crippen LogP contribution in [-0.4, -0.2) is 50.1 Å². The molecule has 3 rings (SSSR count). The van der Waals surface area contributed by atoms with E-state index in [2.05, 4.69) is 31.6 Å². The number of aryl methyl sites for hydroxylation is 1. The van der Waals surface area contributed by atoms with Gasteiger partial charge in [-0.05, 0) is 32.3 Å². The molecular formula is C17H19N7O. The summed E-state index contributed by atoms with van der Waals surface area (Å²) in [5.41, 5.74) is 2.49. The van der Waals surface area contributed by atoms with Crippen LogP contribution in [0.15, 0.2) is 18.6 Å². The number of piperidine rings is 1. The summed E-state index contributed by atoms with van der Waals surface area (Å²) in [6.45, 7) is 4.94. The van der Waals surface area contributed by atoms with E-state index < -0.39 is 0 Å². The predicted octanol–water partition coefficient (Wildman–Crippen LogP) is 1.47. The number of carbonyl (C=O) groups excluding carboxylic acids is 1. The number of nitrogens with zero attached hydrogens (tertiary/aromatic N) is 6. The molecule has 0 saturated carbocycles. The number of nitriles is 1. The number of nitrogens with one attached hydrogen (secondary N) is 1. The number of aromatic nitrogens is 4. The van der Waals surface area contributed by atoms with Crippen molar-refractivity contribution in [2.24, 2.45) is 0 Å². The zero-order chi connectivity index (χ0) is 17.8. The second-order valence-electron chi connectivity index (χ2n) is 6.05. The maximum absolute atomic E-state index is 12.4. The second-order valence-corrected chi connectivity index (χ2v) is 6.05. The Morgan fingerprint density at radius 3 is 2.68 bits per heavy atom. The highest BCUT2D eigenvalue weighted by molar-refractivity contribution is 5.92.